The van der Waals surface area contributed by atoms with Crippen LogP contribution in [0.2, 0.25) is 0 Å². The van der Waals surface area contributed by atoms with Gasteiger partial charge in [0.1, 0.15) is 12.9 Å². The zero-order valence-corrected chi connectivity index (χ0v) is 20.1. The average molecular weight is 430 g/mol. The van der Waals surface area contributed by atoms with E-state index in [2.05, 4.69) is 43.5 Å². The lowest BCUT2D eigenvalue weighted by Gasteiger charge is -2.57. The first kappa shape index (κ1) is 19.3. The molecule has 1 aromatic heterocycles. The van der Waals surface area contributed by atoms with Crippen LogP contribution < -0.4 is 4.57 Å². The molecule has 1 nitrogen and oxygen atoms in total. The molecule has 32 heavy (non-hydrogen) atoms. The maximum Gasteiger partial charge on any atom is 0.220 e. The van der Waals surface area contributed by atoms with Crippen LogP contribution in [-0.2, 0) is 12.5 Å². The monoisotopic (exact) mass is 429 g/mol. The minimum Gasteiger partial charge on any atom is -0.207 e. The zero-order valence-electron chi connectivity index (χ0n) is 21.1. The Morgan fingerprint density at radius 3 is 2.19 bits per heavy atom. The molecular formula is C30H35FN+. The average Bonchev–Trinajstić information content (AvgIpc) is 2.74. The van der Waals surface area contributed by atoms with E-state index in [1.54, 1.807) is 6.07 Å². The van der Waals surface area contributed by atoms with Crippen molar-refractivity contribution in [1.29, 1.82) is 0 Å². The second kappa shape index (κ2) is 6.89. The number of nitrogens with zero attached hydrogens (tertiary/aromatic N) is 1. The molecule has 3 aromatic rings. The molecule has 4 bridgehead atoms. The third kappa shape index (κ3) is 2.91. The molecule has 4 saturated carbocycles. The van der Waals surface area contributed by atoms with E-state index < -0.39 is 0 Å². The Morgan fingerprint density at radius 2 is 1.56 bits per heavy atom. The molecule has 0 unspecified atom stereocenters. The summed E-state index contributed by atoms with van der Waals surface area (Å²) in [5.74, 6) is 2.25. The van der Waals surface area contributed by atoms with E-state index in [-0.39, 0.29) is 11.2 Å². The van der Waals surface area contributed by atoms with E-state index in [1.165, 1.54) is 36.0 Å². The molecule has 0 N–H and O–H groups in total. The normalized spacial score (nSPS) is 29.1. The van der Waals surface area contributed by atoms with E-state index in [1.807, 2.05) is 14.0 Å². The van der Waals surface area contributed by atoms with Crippen LogP contribution >= 0.6 is 0 Å². The Labute approximate surface area is 193 Å². The fraction of sp³-hybridized carbons (Fsp3) is 0.500. The zero-order chi connectivity index (χ0) is 23.2. The Morgan fingerprint density at radius 1 is 0.938 bits per heavy atom. The van der Waals surface area contributed by atoms with Gasteiger partial charge < -0.3 is 0 Å². The van der Waals surface area contributed by atoms with Gasteiger partial charge in [-0.05, 0) is 123 Å². The second-order valence-corrected chi connectivity index (χ2v) is 11.4. The van der Waals surface area contributed by atoms with Gasteiger partial charge in [-0.25, -0.2) is 4.39 Å². The quantitative estimate of drug-likeness (QED) is 0.380. The number of benzene rings is 2. The van der Waals surface area contributed by atoms with Gasteiger partial charge in [-0.1, -0.05) is 11.6 Å². The molecule has 0 atom stereocenters. The van der Waals surface area contributed by atoms with Crippen LogP contribution in [0, 0.1) is 51.3 Å². The summed E-state index contributed by atoms with van der Waals surface area (Å²) >= 11 is 0. The highest BCUT2D eigenvalue weighted by Gasteiger charge is 2.52. The predicted octanol–water partition coefficient (Wildman–Crippen LogP) is 7.17. The van der Waals surface area contributed by atoms with Crippen molar-refractivity contribution in [3.05, 3.63) is 64.1 Å². The summed E-state index contributed by atoms with van der Waals surface area (Å²) in [7, 11) is 2.02. The summed E-state index contributed by atoms with van der Waals surface area (Å²) in [5, 5.41) is 1.78. The lowest BCUT2D eigenvalue weighted by Crippen LogP contribution is -2.49. The van der Waals surface area contributed by atoms with Crippen LogP contribution in [-0.4, -0.2) is 0 Å². The van der Waals surface area contributed by atoms with Gasteiger partial charge >= 0.3 is 0 Å². The van der Waals surface area contributed by atoms with E-state index in [0.717, 1.165) is 70.3 Å². The molecular weight excluding hydrogens is 393 g/mol. The standard InChI is InChI=1S/C30H35FN/c1-17-6-18(2)20(4)25(7-17)29-26-13-28(31)27(12-24(26)8-19(3)32(29)5)30-14-21-9-22(15-30)11-23(10-21)16-30/h6-8,12-13,21-23H,9-11,14-16H2,1-5H3/q+1/i8D. The first-order valence-corrected chi connectivity index (χ1v) is 12.4. The molecule has 2 heteroatoms. The van der Waals surface area contributed by atoms with E-state index in [9.17, 15) is 0 Å². The summed E-state index contributed by atoms with van der Waals surface area (Å²) in [5.41, 5.74) is 7.67. The Hall–Kier alpha value is -2.22. The van der Waals surface area contributed by atoms with Crippen LogP contribution in [0.3, 0.4) is 0 Å². The molecule has 0 spiro atoms. The number of aromatic nitrogens is 1. The van der Waals surface area contributed by atoms with Gasteiger partial charge in [0.25, 0.3) is 0 Å². The summed E-state index contributed by atoms with van der Waals surface area (Å²) in [6, 6.07) is 8.81. The van der Waals surface area contributed by atoms with Gasteiger partial charge in [-0.3, -0.25) is 0 Å². The van der Waals surface area contributed by atoms with Crippen LogP contribution in [0.1, 0.15) is 67.8 Å². The van der Waals surface area contributed by atoms with Crippen molar-refractivity contribution in [3.63, 3.8) is 0 Å². The lowest BCUT2D eigenvalue weighted by molar-refractivity contribution is -0.665. The van der Waals surface area contributed by atoms with E-state index in [4.69, 9.17) is 1.37 Å². The lowest BCUT2D eigenvalue weighted by atomic mass is 9.48. The number of hydrogen-bond donors (Lipinski definition) is 0. The van der Waals surface area contributed by atoms with Gasteiger partial charge in [-0.15, -0.1) is 0 Å². The van der Waals surface area contributed by atoms with Crippen molar-refractivity contribution >= 4 is 10.8 Å². The highest BCUT2D eigenvalue weighted by molar-refractivity contribution is 5.94. The molecule has 2 aromatic carbocycles. The molecule has 0 saturated heterocycles. The largest absolute Gasteiger partial charge is 0.220 e. The number of fused-ring (bicyclic) bond motifs is 1. The van der Waals surface area contributed by atoms with Crippen LogP contribution in [0.4, 0.5) is 4.39 Å². The topological polar surface area (TPSA) is 3.88 Å². The summed E-state index contributed by atoms with van der Waals surface area (Å²) in [6.07, 6.45) is 7.46. The van der Waals surface area contributed by atoms with Crippen molar-refractivity contribution in [2.24, 2.45) is 24.8 Å². The Kier molecular flexibility index (Phi) is 4.15. The Bertz CT molecular complexity index is 1290. The van der Waals surface area contributed by atoms with E-state index >= 15 is 4.39 Å². The van der Waals surface area contributed by atoms with Gasteiger partial charge in [-0.2, -0.15) is 4.57 Å². The SMILES string of the molecule is [2H]c1c(C)[n+](C)c(-c2cc(C)cc(C)c2C)c2cc(F)c(C34CC5CC(CC(C5)C3)C4)cc12. The van der Waals surface area contributed by atoms with Crippen LogP contribution in [0.15, 0.2) is 30.3 Å². The molecule has 4 aliphatic rings. The minimum absolute atomic E-state index is 0.0125. The van der Waals surface area contributed by atoms with Crippen molar-refractivity contribution in [1.82, 2.24) is 0 Å². The highest BCUT2D eigenvalue weighted by Crippen LogP contribution is 2.61. The number of halogens is 1. The smallest absolute Gasteiger partial charge is 0.207 e. The molecule has 1 heterocycles. The van der Waals surface area contributed by atoms with E-state index in [0.29, 0.717) is 6.04 Å². The summed E-state index contributed by atoms with van der Waals surface area (Å²) < 4.78 is 27.2. The van der Waals surface area contributed by atoms with Crippen LogP contribution in [0.5, 0.6) is 0 Å². The summed E-state index contributed by atoms with van der Waals surface area (Å²) in [6.45, 7) is 8.44. The first-order valence-electron chi connectivity index (χ1n) is 12.9. The third-order valence-corrected chi connectivity index (χ3v) is 9.19. The highest BCUT2D eigenvalue weighted by atomic mass is 19.1. The number of rotatable bonds is 2. The number of aryl methyl sites for hydroxylation is 2. The fourth-order valence-corrected chi connectivity index (χ4v) is 7.96. The van der Waals surface area contributed by atoms with Crippen LogP contribution in [0.25, 0.3) is 22.0 Å². The van der Waals surface area contributed by atoms with Gasteiger partial charge in [0.05, 0.1) is 12.3 Å². The maximum absolute atomic E-state index is 16.1. The molecule has 166 valence electrons. The minimum atomic E-state index is -0.0593. The molecule has 4 aliphatic carbocycles. The fourth-order valence-electron chi connectivity index (χ4n) is 7.96. The van der Waals surface area contributed by atoms with Crippen molar-refractivity contribution in [2.75, 3.05) is 0 Å². The summed E-state index contributed by atoms with van der Waals surface area (Å²) in [4.78, 5) is 0. The number of hydrogen-bond acceptors (Lipinski definition) is 0. The maximum atomic E-state index is 16.1. The second-order valence-electron chi connectivity index (χ2n) is 11.4. The van der Waals surface area contributed by atoms with Gasteiger partial charge in [0, 0.05) is 13.0 Å². The van der Waals surface area contributed by atoms with Crippen molar-refractivity contribution in [2.45, 2.75) is 71.6 Å². The van der Waals surface area contributed by atoms with Crippen molar-refractivity contribution < 1.29 is 10.3 Å². The first-order chi connectivity index (χ1) is 15.7. The third-order valence-electron chi connectivity index (χ3n) is 9.19. The van der Waals surface area contributed by atoms with Gasteiger partial charge in [0.2, 0.25) is 5.69 Å². The molecule has 0 amide bonds. The molecule has 4 fully saturated rings. The predicted molar refractivity (Wildman–Crippen MR) is 129 cm³/mol. The molecule has 0 radical (unpaired) electrons. The molecule has 7 rings (SSSR count). The molecule has 0 aliphatic heterocycles. The van der Waals surface area contributed by atoms with Crippen molar-refractivity contribution in [3.8, 4) is 11.3 Å². The number of pyridine rings is 1. The Balaban J connectivity index is 1.62. The van der Waals surface area contributed by atoms with Gasteiger partial charge in [0.15, 0.2) is 5.69 Å².